The highest BCUT2D eigenvalue weighted by atomic mass is 79.9. The van der Waals surface area contributed by atoms with Crippen LogP contribution in [0.2, 0.25) is 0 Å². The topological polar surface area (TPSA) is 47.9 Å². The van der Waals surface area contributed by atoms with E-state index in [1.165, 1.54) is 0 Å². The zero-order valence-corrected chi connectivity index (χ0v) is 16.2. The SMILES string of the molecule is C=CCOc1c(Br)cc(Br)cc1/C=C1\C(=O)ON=C1c1ccccc1. The van der Waals surface area contributed by atoms with E-state index < -0.39 is 5.97 Å². The fraction of sp³-hybridized carbons (Fsp3) is 0.0526. The predicted octanol–water partition coefficient (Wildman–Crippen LogP) is 5.12. The number of benzene rings is 2. The van der Waals surface area contributed by atoms with Crippen LogP contribution in [0.3, 0.4) is 0 Å². The van der Waals surface area contributed by atoms with E-state index in [-0.39, 0.29) is 0 Å². The predicted molar refractivity (Wildman–Crippen MR) is 105 cm³/mol. The molecule has 0 spiro atoms. The Kier molecular flexibility index (Phi) is 5.50. The van der Waals surface area contributed by atoms with Crippen molar-refractivity contribution >= 4 is 49.6 Å². The maximum atomic E-state index is 12.2. The van der Waals surface area contributed by atoms with Crippen molar-refractivity contribution in [1.29, 1.82) is 0 Å². The number of oxime groups is 1. The number of nitrogens with zero attached hydrogens (tertiary/aromatic N) is 1. The van der Waals surface area contributed by atoms with E-state index in [9.17, 15) is 4.79 Å². The Morgan fingerprint density at radius 1 is 1.20 bits per heavy atom. The fourth-order valence-electron chi connectivity index (χ4n) is 2.35. The van der Waals surface area contributed by atoms with Gasteiger partial charge in [-0.25, -0.2) is 4.79 Å². The summed E-state index contributed by atoms with van der Waals surface area (Å²) >= 11 is 6.95. The molecular weight excluding hydrogens is 450 g/mol. The molecule has 0 saturated carbocycles. The molecule has 1 aliphatic heterocycles. The van der Waals surface area contributed by atoms with Crippen molar-refractivity contribution < 1.29 is 14.4 Å². The van der Waals surface area contributed by atoms with Crippen LogP contribution in [0.1, 0.15) is 11.1 Å². The van der Waals surface area contributed by atoms with Gasteiger partial charge in [0.15, 0.2) is 0 Å². The van der Waals surface area contributed by atoms with Crippen molar-refractivity contribution in [3.63, 3.8) is 0 Å². The molecule has 0 bridgehead atoms. The molecule has 1 heterocycles. The normalized spacial score (nSPS) is 15.0. The number of ether oxygens (including phenoxy) is 1. The first kappa shape index (κ1) is 17.6. The number of carbonyl (C=O) groups excluding carboxylic acids is 1. The molecule has 0 atom stereocenters. The van der Waals surface area contributed by atoms with E-state index in [0.29, 0.717) is 23.6 Å². The highest BCUT2D eigenvalue weighted by Crippen LogP contribution is 2.35. The molecule has 2 aromatic rings. The molecule has 2 aromatic carbocycles. The summed E-state index contributed by atoms with van der Waals surface area (Å²) in [4.78, 5) is 17.1. The summed E-state index contributed by atoms with van der Waals surface area (Å²) in [6, 6.07) is 13.2. The molecule has 3 rings (SSSR count). The van der Waals surface area contributed by atoms with Crippen LogP contribution in [0.4, 0.5) is 0 Å². The van der Waals surface area contributed by atoms with Crippen LogP contribution in [0.15, 0.2) is 74.8 Å². The number of halogens is 2. The van der Waals surface area contributed by atoms with Gasteiger partial charge in [0.05, 0.1) is 10.0 Å². The lowest BCUT2D eigenvalue weighted by atomic mass is 10.0. The van der Waals surface area contributed by atoms with Crippen molar-refractivity contribution in [3.05, 3.63) is 80.8 Å². The summed E-state index contributed by atoms with van der Waals surface area (Å²) in [5.41, 5.74) is 2.40. The van der Waals surface area contributed by atoms with Crippen LogP contribution in [-0.2, 0) is 9.63 Å². The van der Waals surface area contributed by atoms with Gasteiger partial charge < -0.3 is 9.57 Å². The van der Waals surface area contributed by atoms with Gasteiger partial charge in [0.2, 0.25) is 0 Å². The molecule has 0 saturated heterocycles. The highest BCUT2D eigenvalue weighted by Gasteiger charge is 2.27. The van der Waals surface area contributed by atoms with Gasteiger partial charge in [-0.05, 0) is 34.1 Å². The Hall–Kier alpha value is -2.18. The van der Waals surface area contributed by atoms with Gasteiger partial charge >= 0.3 is 5.97 Å². The summed E-state index contributed by atoms with van der Waals surface area (Å²) in [5, 5.41) is 3.92. The average Bonchev–Trinajstić information content (AvgIpc) is 2.96. The molecule has 126 valence electrons. The minimum atomic E-state index is -0.496. The number of rotatable bonds is 5. The maximum Gasteiger partial charge on any atom is 0.368 e. The second-order valence-corrected chi connectivity index (χ2v) is 6.92. The van der Waals surface area contributed by atoms with Gasteiger partial charge in [0, 0.05) is 15.6 Å². The van der Waals surface area contributed by atoms with Gasteiger partial charge in [-0.1, -0.05) is 64.1 Å². The third-order valence-electron chi connectivity index (χ3n) is 3.42. The van der Waals surface area contributed by atoms with Gasteiger partial charge in [-0.3, -0.25) is 0 Å². The third-order valence-corrected chi connectivity index (χ3v) is 4.47. The standard InChI is InChI=1S/C19H13Br2NO3/c1-2-8-24-18-13(9-14(20)11-16(18)21)10-15-17(22-25-19(15)23)12-6-4-3-5-7-12/h2-7,9-11H,1,8H2/b15-10-. The zero-order valence-electron chi connectivity index (χ0n) is 13.0. The molecular formula is C19H13Br2NO3. The van der Waals surface area contributed by atoms with Gasteiger partial charge in [-0.15, -0.1) is 0 Å². The molecule has 0 unspecified atom stereocenters. The molecule has 6 heteroatoms. The lowest BCUT2D eigenvalue weighted by Gasteiger charge is -2.11. The Morgan fingerprint density at radius 3 is 2.68 bits per heavy atom. The Morgan fingerprint density at radius 2 is 1.96 bits per heavy atom. The smallest absolute Gasteiger partial charge is 0.368 e. The monoisotopic (exact) mass is 461 g/mol. The van der Waals surface area contributed by atoms with E-state index in [2.05, 4.69) is 43.6 Å². The van der Waals surface area contributed by atoms with E-state index in [4.69, 9.17) is 9.57 Å². The summed E-state index contributed by atoms with van der Waals surface area (Å²) in [5.74, 6) is 0.118. The minimum absolute atomic E-state index is 0.348. The molecule has 0 radical (unpaired) electrons. The summed E-state index contributed by atoms with van der Waals surface area (Å²) in [6.07, 6.45) is 3.38. The van der Waals surface area contributed by atoms with Crippen molar-refractivity contribution in [2.45, 2.75) is 0 Å². The average molecular weight is 463 g/mol. The van der Waals surface area contributed by atoms with E-state index in [1.54, 1.807) is 12.2 Å². The molecule has 1 aliphatic rings. The largest absolute Gasteiger partial charge is 0.488 e. The first-order valence-corrected chi connectivity index (χ1v) is 8.98. The Bertz CT molecular complexity index is 889. The van der Waals surface area contributed by atoms with E-state index >= 15 is 0 Å². The Balaban J connectivity index is 2.08. The first-order chi connectivity index (χ1) is 12.1. The summed E-state index contributed by atoms with van der Waals surface area (Å²) in [6.45, 7) is 4.01. The lowest BCUT2D eigenvalue weighted by molar-refractivity contribution is -0.136. The number of hydrogen-bond donors (Lipinski definition) is 0. The zero-order chi connectivity index (χ0) is 17.8. The quantitative estimate of drug-likeness (QED) is 0.352. The number of hydrogen-bond acceptors (Lipinski definition) is 4. The fourth-order valence-corrected chi connectivity index (χ4v) is 3.72. The van der Waals surface area contributed by atoms with Crippen LogP contribution in [0.5, 0.6) is 5.75 Å². The van der Waals surface area contributed by atoms with Crippen LogP contribution in [-0.4, -0.2) is 18.3 Å². The van der Waals surface area contributed by atoms with Crippen molar-refractivity contribution in [3.8, 4) is 5.75 Å². The van der Waals surface area contributed by atoms with Gasteiger partial charge in [-0.2, -0.15) is 0 Å². The Labute approximate surface area is 162 Å². The molecule has 0 amide bonds. The van der Waals surface area contributed by atoms with Crippen molar-refractivity contribution in [2.75, 3.05) is 6.61 Å². The molecule has 0 N–H and O–H groups in total. The second-order valence-electron chi connectivity index (χ2n) is 5.15. The lowest BCUT2D eigenvalue weighted by Crippen LogP contribution is -2.07. The third kappa shape index (κ3) is 3.91. The first-order valence-electron chi connectivity index (χ1n) is 7.39. The number of carbonyl (C=O) groups is 1. The summed E-state index contributed by atoms with van der Waals surface area (Å²) in [7, 11) is 0. The van der Waals surface area contributed by atoms with Crippen LogP contribution >= 0.6 is 31.9 Å². The molecule has 0 fully saturated rings. The van der Waals surface area contributed by atoms with E-state index in [1.807, 2.05) is 42.5 Å². The van der Waals surface area contributed by atoms with Crippen molar-refractivity contribution in [1.82, 2.24) is 0 Å². The molecule has 0 aromatic heterocycles. The van der Waals surface area contributed by atoms with Crippen LogP contribution in [0, 0.1) is 0 Å². The molecule has 4 nitrogen and oxygen atoms in total. The molecule has 25 heavy (non-hydrogen) atoms. The van der Waals surface area contributed by atoms with E-state index in [0.717, 1.165) is 20.1 Å². The minimum Gasteiger partial charge on any atom is -0.488 e. The maximum absolute atomic E-state index is 12.2. The van der Waals surface area contributed by atoms with Gasteiger partial charge in [0.25, 0.3) is 0 Å². The van der Waals surface area contributed by atoms with Gasteiger partial charge in [0.1, 0.15) is 18.1 Å². The highest BCUT2D eigenvalue weighted by molar-refractivity contribution is 9.11. The van der Waals surface area contributed by atoms with Crippen molar-refractivity contribution in [2.24, 2.45) is 5.16 Å². The molecule has 0 aliphatic carbocycles. The van der Waals surface area contributed by atoms with Crippen LogP contribution < -0.4 is 4.74 Å². The summed E-state index contributed by atoms with van der Waals surface area (Å²) < 4.78 is 7.35. The second kappa shape index (κ2) is 7.80. The van der Waals surface area contributed by atoms with Crippen LogP contribution in [0.25, 0.3) is 6.08 Å².